The minimum atomic E-state index is 0.144. The van der Waals surface area contributed by atoms with Gasteiger partial charge in [0.2, 0.25) is 0 Å². The number of aliphatic hydroxyl groups excluding tert-OH is 1. The summed E-state index contributed by atoms with van der Waals surface area (Å²) in [5, 5.41) is 13.0. The molecule has 16 heavy (non-hydrogen) atoms. The second kappa shape index (κ2) is 5.43. The molecule has 0 spiro atoms. The minimum Gasteiger partial charge on any atom is -0.394 e. The third kappa shape index (κ3) is 2.61. The van der Waals surface area contributed by atoms with Crippen molar-refractivity contribution < 1.29 is 5.11 Å². The zero-order chi connectivity index (χ0) is 11.4. The first-order valence-electron chi connectivity index (χ1n) is 5.94. The number of piperazine rings is 1. The largest absolute Gasteiger partial charge is 0.394 e. The standard InChI is InChI=1S/C13H20N2O/c1-11-9-15(8-7-14-11)13(10-16)12-5-3-2-4-6-12/h2-6,11,13-14,16H,7-10H2,1H3/t11-,13+/m1/s1. The molecule has 1 aliphatic heterocycles. The van der Waals surface area contributed by atoms with Crippen LogP contribution >= 0.6 is 0 Å². The first-order valence-corrected chi connectivity index (χ1v) is 5.94. The molecule has 1 fully saturated rings. The van der Waals surface area contributed by atoms with Crippen molar-refractivity contribution in [2.45, 2.75) is 19.0 Å². The lowest BCUT2D eigenvalue weighted by atomic mass is 10.0. The zero-order valence-electron chi connectivity index (χ0n) is 9.76. The number of hydrogen-bond donors (Lipinski definition) is 2. The van der Waals surface area contributed by atoms with Gasteiger partial charge >= 0.3 is 0 Å². The molecule has 1 aromatic carbocycles. The van der Waals surface area contributed by atoms with E-state index in [2.05, 4.69) is 29.3 Å². The molecule has 2 N–H and O–H groups in total. The van der Waals surface area contributed by atoms with Crippen LogP contribution < -0.4 is 5.32 Å². The second-order valence-corrected chi connectivity index (χ2v) is 4.46. The highest BCUT2D eigenvalue weighted by molar-refractivity contribution is 5.19. The van der Waals surface area contributed by atoms with Gasteiger partial charge < -0.3 is 10.4 Å². The topological polar surface area (TPSA) is 35.5 Å². The third-order valence-corrected chi connectivity index (χ3v) is 3.20. The fourth-order valence-corrected chi connectivity index (χ4v) is 2.35. The van der Waals surface area contributed by atoms with Crippen molar-refractivity contribution in [2.75, 3.05) is 26.2 Å². The maximum atomic E-state index is 9.56. The van der Waals surface area contributed by atoms with E-state index in [0.29, 0.717) is 6.04 Å². The number of hydrogen-bond acceptors (Lipinski definition) is 3. The molecule has 0 bridgehead atoms. The molecule has 2 rings (SSSR count). The van der Waals surface area contributed by atoms with Gasteiger partial charge in [-0.2, -0.15) is 0 Å². The molecule has 2 atom stereocenters. The third-order valence-electron chi connectivity index (χ3n) is 3.20. The summed E-state index contributed by atoms with van der Waals surface area (Å²) in [6.07, 6.45) is 0. The molecule has 3 nitrogen and oxygen atoms in total. The van der Waals surface area contributed by atoms with E-state index in [1.54, 1.807) is 0 Å². The summed E-state index contributed by atoms with van der Waals surface area (Å²) >= 11 is 0. The second-order valence-electron chi connectivity index (χ2n) is 4.46. The van der Waals surface area contributed by atoms with Gasteiger partial charge in [0, 0.05) is 25.7 Å². The van der Waals surface area contributed by atoms with E-state index >= 15 is 0 Å². The van der Waals surface area contributed by atoms with Crippen LogP contribution in [0.4, 0.5) is 0 Å². The monoisotopic (exact) mass is 220 g/mol. The Kier molecular flexibility index (Phi) is 3.93. The van der Waals surface area contributed by atoms with Gasteiger partial charge in [0.05, 0.1) is 12.6 Å². The van der Waals surface area contributed by atoms with Gasteiger partial charge in [-0.25, -0.2) is 0 Å². The predicted octanol–water partition coefficient (Wildman–Crippen LogP) is 1.01. The Morgan fingerprint density at radius 3 is 2.81 bits per heavy atom. The maximum absolute atomic E-state index is 9.56. The highest BCUT2D eigenvalue weighted by Gasteiger charge is 2.23. The van der Waals surface area contributed by atoms with Crippen LogP contribution in [0.25, 0.3) is 0 Å². The molecule has 1 aromatic rings. The Bertz CT molecular complexity index is 315. The molecular weight excluding hydrogens is 200 g/mol. The van der Waals surface area contributed by atoms with Gasteiger partial charge in [0.15, 0.2) is 0 Å². The van der Waals surface area contributed by atoms with Gasteiger partial charge in [-0.3, -0.25) is 4.90 Å². The lowest BCUT2D eigenvalue weighted by molar-refractivity contribution is 0.0963. The normalized spacial score (nSPS) is 24.2. The Labute approximate surface area is 97.1 Å². The van der Waals surface area contributed by atoms with Crippen molar-refractivity contribution in [3.8, 4) is 0 Å². The van der Waals surface area contributed by atoms with Gasteiger partial charge in [-0.1, -0.05) is 30.3 Å². The number of benzene rings is 1. The van der Waals surface area contributed by atoms with E-state index in [1.807, 2.05) is 18.2 Å². The maximum Gasteiger partial charge on any atom is 0.0628 e. The Morgan fingerprint density at radius 1 is 1.44 bits per heavy atom. The lowest BCUT2D eigenvalue weighted by Gasteiger charge is -2.37. The van der Waals surface area contributed by atoms with Crippen LogP contribution in [0.5, 0.6) is 0 Å². The molecule has 0 aromatic heterocycles. The van der Waals surface area contributed by atoms with E-state index in [1.165, 1.54) is 5.56 Å². The summed E-state index contributed by atoms with van der Waals surface area (Å²) in [5.74, 6) is 0. The van der Waals surface area contributed by atoms with Crippen molar-refractivity contribution in [2.24, 2.45) is 0 Å². The van der Waals surface area contributed by atoms with E-state index in [9.17, 15) is 5.11 Å². The summed E-state index contributed by atoms with van der Waals surface area (Å²) < 4.78 is 0. The predicted molar refractivity (Wildman–Crippen MR) is 65.3 cm³/mol. The van der Waals surface area contributed by atoms with Crippen LogP contribution in [0.1, 0.15) is 18.5 Å². The number of nitrogens with zero attached hydrogens (tertiary/aromatic N) is 1. The van der Waals surface area contributed by atoms with Crippen LogP contribution in [0.3, 0.4) is 0 Å². The Balaban J connectivity index is 2.10. The highest BCUT2D eigenvalue weighted by atomic mass is 16.3. The lowest BCUT2D eigenvalue weighted by Crippen LogP contribution is -2.50. The van der Waals surface area contributed by atoms with Crippen LogP contribution in [-0.4, -0.2) is 42.3 Å². The summed E-state index contributed by atoms with van der Waals surface area (Å²) in [6.45, 7) is 5.39. The number of nitrogens with one attached hydrogen (secondary N) is 1. The fourth-order valence-electron chi connectivity index (χ4n) is 2.35. The SMILES string of the molecule is C[C@@H]1CN([C@@H](CO)c2ccccc2)CCN1. The molecule has 1 aliphatic rings. The fraction of sp³-hybridized carbons (Fsp3) is 0.538. The first-order chi connectivity index (χ1) is 7.81. The molecule has 1 saturated heterocycles. The van der Waals surface area contributed by atoms with Crippen molar-refractivity contribution in [3.05, 3.63) is 35.9 Å². The molecular formula is C13H20N2O. The van der Waals surface area contributed by atoms with Crippen molar-refractivity contribution in [1.29, 1.82) is 0 Å². The van der Waals surface area contributed by atoms with Gasteiger partial charge in [0.1, 0.15) is 0 Å². The molecule has 88 valence electrons. The quantitative estimate of drug-likeness (QED) is 0.798. The van der Waals surface area contributed by atoms with Gasteiger partial charge in [0.25, 0.3) is 0 Å². The number of aliphatic hydroxyl groups is 1. The van der Waals surface area contributed by atoms with Crippen LogP contribution in [0.2, 0.25) is 0 Å². The van der Waals surface area contributed by atoms with E-state index in [0.717, 1.165) is 19.6 Å². The smallest absolute Gasteiger partial charge is 0.0628 e. The Morgan fingerprint density at radius 2 is 2.19 bits per heavy atom. The average Bonchev–Trinajstić information content (AvgIpc) is 2.31. The number of rotatable bonds is 3. The Hall–Kier alpha value is -0.900. The van der Waals surface area contributed by atoms with Crippen molar-refractivity contribution in [1.82, 2.24) is 10.2 Å². The molecule has 0 aliphatic carbocycles. The highest BCUT2D eigenvalue weighted by Crippen LogP contribution is 2.21. The zero-order valence-corrected chi connectivity index (χ0v) is 9.76. The van der Waals surface area contributed by atoms with E-state index in [-0.39, 0.29) is 12.6 Å². The van der Waals surface area contributed by atoms with Crippen LogP contribution in [-0.2, 0) is 0 Å². The van der Waals surface area contributed by atoms with Gasteiger partial charge in [-0.05, 0) is 12.5 Å². The molecule has 1 heterocycles. The molecule has 0 amide bonds. The van der Waals surface area contributed by atoms with E-state index in [4.69, 9.17) is 0 Å². The van der Waals surface area contributed by atoms with Gasteiger partial charge in [-0.15, -0.1) is 0 Å². The molecule has 0 unspecified atom stereocenters. The summed E-state index contributed by atoms with van der Waals surface area (Å²) in [7, 11) is 0. The van der Waals surface area contributed by atoms with Crippen molar-refractivity contribution in [3.63, 3.8) is 0 Å². The summed E-state index contributed by atoms with van der Waals surface area (Å²) in [5.41, 5.74) is 1.21. The summed E-state index contributed by atoms with van der Waals surface area (Å²) in [4.78, 5) is 2.36. The average molecular weight is 220 g/mol. The van der Waals surface area contributed by atoms with Crippen LogP contribution in [0.15, 0.2) is 30.3 Å². The minimum absolute atomic E-state index is 0.144. The van der Waals surface area contributed by atoms with Crippen molar-refractivity contribution >= 4 is 0 Å². The van der Waals surface area contributed by atoms with E-state index < -0.39 is 0 Å². The summed E-state index contributed by atoms with van der Waals surface area (Å²) in [6, 6.07) is 10.9. The molecule has 0 saturated carbocycles. The van der Waals surface area contributed by atoms with Crippen LogP contribution in [0, 0.1) is 0 Å². The first kappa shape index (κ1) is 11.6. The molecule has 0 radical (unpaired) electrons. The molecule has 3 heteroatoms.